The second kappa shape index (κ2) is 5.26. The van der Waals surface area contributed by atoms with Gasteiger partial charge in [0.25, 0.3) is 0 Å². The van der Waals surface area contributed by atoms with Gasteiger partial charge in [-0.3, -0.25) is 9.78 Å². The monoisotopic (exact) mass is 270 g/mol. The largest absolute Gasteiger partial charge is 0.437 e. The number of carbonyl (C=O) groups is 1. The van der Waals surface area contributed by atoms with Crippen molar-refractivity contribution in [3.8, 4) is 11.6 Å². The number of anilines is 1. The maximum Gasteiger partial charge on any atom is 0.237 e. The molecule has 0 atom stereocenters. The standard InChI is InChI=1S/C14H14N4O2/c15-6-10-7-17-14(8-16-10)20-11-2-3-12-9(5-11)1-4-13(19)18-12/h2-3,5,7-8H,1,4,6,15H2,(H,18,19). The van der Waals surface area contributed by atoms with Crippen molar-refractivity contribution in [3.63, 3.8) is 0 Å². The van der Waals surface area contributed by atoms with Crippen molar-refractivity contribution in [2.75, 3.05) is 5.32 Å². The zero-order chi connectivity index (χ0) is 13.9. The molecule has 2 aromatic rings. The number of nitrogens with two attached hydrogens (primary N) is 1. The van der Waals surface area contributed by atoms with E-state index in [0.717, 1.165) is 17.7 Å². The van der Waals surface area contributed by atoms with Gasteiger partial charge in [0.15, 0.2) is 0 Å². The lowest BCUT2D eigenvalue weighted by Gasteiger charge is -2.17. The molecule has 3 N–H and O–H groups in total. The van der Waals surface area contributed by atoms with Crippen LogP contribution in [0.2, 0.25) is 0 Å². The molecule has 1 aromatic heterocycles. The first-order chi connectivity index (χ1) is 9.74. The van der Waals surface area contributed by atoms with Crippen molar-refractivity contribution >= 4 is 11.6 Å². The van der Waals surface area contributed by atoms with E-state index in [1.54, 1.807) is 18.5 Å². The number of rotatable bonds is 3. The van der Waals surface area contributed by atoms with E-state index in [0.29, 0.717) is 30.3 Å². The Morgan fingerprint density at radius 1 is 1.25 bits per heavy atom. The van der Waals surface area contributed by atoms with E-state index in [-0.39, 0.29) is 5.91 Å². The number of hydrogen-bond acceptors (Lipinski definition) is 5. The first kappa shape index (κ1) is 12.6. The van der Waals surface area contributed by atoms with Crippen LogP contribution in [0.25, 0.3) is 0 Å². The molecule has 0 fully saturated rings. The van der Waals surface area contributed by atoms with Crippen molar-refractivity contribution in [1.82, 2.24) is 9.97 Å². The molecule has 0 bridgehead atoms. The first-order valence-electron chi connectivity index (χ1n) is 6.36. The lowest BCUT2D eigenvalue weighted by atomic mass is 10.0. The summed E-state index contributed by atoms with van der Waals surface area (Å²) in [6.45, 7) is 0.353. The Labute approximate surface area is 116 Å². The van der Waals surface area contributed by atoms with E-state index in [4.69, 9.17) is 10.5 Å². The van der Waals surface area contributed by atoms with Crippen LogP contribution >= 0.6 is 0 Å². The molecule has 0 saturated heterocycles. The molecular weight excluding hydrogens is 256 g/mol. The molecule has 1 aliphatic heterocycles. The average molecular weight is 270 g/mol. The number of amides is 1. The van der Waals surface area contributed by atoms with Crippen LogP contribution in [-0.4, -0.2) is 15.9 Å². The van der Waals surface area contributed by atoms with Gasteiger partial charge in [-0.15, -0.1) is 0 Å². The van der Waals surface area contributed by atoms with Crippen LogP contribution < -0.4 is 15.8 Å². The van der Waals surface area contributed by atoms with Crippen LogP contribution in [0.5, 0.6) is 11.6 Å². The van der Waals surface area contributed by atoms with Gasteiger partial charge >= 0.3 is 0 Å². The van der Waals surface area contributed by atoms with Gasteiger partial charge in [0, 0.05) is 18.7 Å². The first-order valence-corrected chi connectivity index (χ1v) is 6.36. The molecule has 3 rings (SSSR count). The van der Waals surface area contributed by atoms with E-state index in [1.807, 2.05) is 12.1 Å². The number of carbonyl (C=O) groups excluding carboxylic acids is 1. The summed E-state index contributed by atoms with van der Waals surface area (Å²) in [5.41, 5.74) is 8.08. The number of nitrogens with zero attached hydrogens (tertiary/aromatic N) is 2. The van der Waals surface area contributed by atoms with E-state index >= 15 is 0 Å². The highest BCUT2D eigenvalue weighted by molar-refractivity contribution is 5.94. The van der Waals surface area contributed by atoms with Gasteiger partial charge in [-0.1, -0.05) is 0 Å². The van der Waals surface area contributed by atoms with Gasteiger partial charge in [-0.25, -0.2) is 4.98 Å². The molecule has 0 saturated carbocycles. The van der Waals surface area contributed by atoms with Crippen molar-refractivity contribution in [3.05, 3.63) is 41.9 Å². The summed E-state index contributed by atoms with van der Waals surface area (Å²) in [6, 6.07) is 5.54. The highest BCUT2D eigenvalue weighted by atomic mass is 16.5. The van der Waals surface area contributed by atoms with Crippen LogP contribution in [-0.2, 0) is 17.8 Å². The predicted molar refractivity (Wildman–Crippen MR) is 73.4 cm³/mol. The highest BCUT2D eigenvalue weighted by Gasteiger charge is 2.15. The summed E-state index contributed by atoms with van der Waals surface area (Å²) in [5.74, 6) is 1.14. The fourth-order valence-corrected chi connectivity index (χ4v) is 2.05. The van der Waals surface area contributed by atoms with Gasteiger partial charge in [-0.05, 0) is 30.2 Å². The Morgan fingerprint density at radius 3 is 2.90 bits per heavy atom. The van der Waals surface area contributed by atoms with Crippen molar-refractivity contribution in [2.24, 2.45) is 5.73 Å². The second-order valence-corrected chi connectivity index (χ2v) is 4.52. The number of hydrogen-bond donors (Lipinski definition) is 2. The maximum atomic E-state index is 11.3. The Bertz CT molecular complexity index is 640. The second-order valence-electron chi connectivity index (χ2n) is 4.52. The third kappa shape index (κ3) is 2.60. The summed E-state index contributed by atoms with van der Waals surface area (Å²) in [6.07, 6.45) is 4.36. The van der Waals surface area contributed by atoms with Crippen LogP contribution in [0.3, 0.4) is 0 Å². The Balaban J connectivity index is 1.79. The molecular formula is C14H14N4O2. The molecule has 1 amide bonds. The van der Waals surface area contributed by atoms with Crippen molar-refractivity contribution in [1.29, 1.82) is 0 Å². The number of aryl methyl sites for hydroxylation is 1. The van der Waals surface area contributed by atoms with Crippen LogP contribution in [0, 0.1) is 0 Å². The van der Waals surface area contributed by atoms with E-state index in [1.165, 1.54) is 0 Å². The normalized spacial score (nSPS) is 13.6. The van der Waals surface area contributed by atoms with Crippen LogP contribution in [0.1, 0.15) is 17.7 Å². The highest BCUT2D eigenvalue weighted by Crippen LogP contribution is 2.28. The number of benzene rings is 1. The van der Waals surface area contributed by atoms with Crippen molar-refractivity contribution < 1.29 is 9.53 Å². The van der Waals surface area contributed by atoms with E-state index in [2.05, 4.69) is 15.3 Å². The fourth-order valence-electron chi connectivity index (χ4n) is 2.05. The molecule has 6 nitrogen and oxygen atoms in total. The third-order valence-corrected chi connectivity index (χ3v) is 3.09. The molecule has 1 aromatic carbocycles. The minimum atomic E-state index is 0.0504. The summed E-state index contributed by atoms with van der Waals surface area (Å²) in [7, 11) is 0. The number of fused-ring (bicyclic) bond motifs is 1. The van der Waals surface area contributed by atoms with E-state index < -0.39 is 0 Å². The van der Waals surface area contributed by atoms with Gasteiger partial charge in [0.2, 0.25) is 11.8 Å². The predicted octanol–water partition coefficient (Wildman–Crippen LogP) is 1.61. The number of aromatic nitrogens is 2. The maximum absolute atomic E-state index is 11.3. The Hall–Kier alpha value is -2.47. The third-order valence-electron chi connectivity index (χ3n) is 3.09. The smallest absolute Gasteiger partial charge is 0.237 e. The minimum absolute atomic E-state index is 0.0504. The molecule has 2 heterocycles. The minimum Gasteiger partial charge on any atom is -0.437 e. The molecule has 0 unspecified atom stereocenters. The van der Waals surface area contributed by atoms with E-state index in [9.17, 15) is 4.79 Å². The summed E-state index contributed by atoms with van der Waals surface area (Å²) < 4.78 is 5.64. The zero-order valence-corrected chi connectivity index (χ0v) is 10.8. The van der Waals surface area contributed by atoms with Gasteiger partial charge in [0.05, 0.1) is 18.1 Å². The topological polar surface area (TPSA) is 90.1 Å². The Kier molecular flexibility index (Phi) is 3.30. The summed E-state index contributed by atoms with van der Waals surface area (Å²) in [5, 5.41) is 2.83. The van der Waals surface area contributed by atoms with Gasteiger partial charge < -0.3 is 15.8 Å². The summed E-state index contributed by atoms with van der Waals surface area (Å²) >= 11 is 0. The van der Waals surface area contributed by atoms with Gasteiger partial charge in [-0.2, -0.15) is 0 Å². The molecule has 0 spiro atoms. The fraction of sp³-hybridized carbons (Fsp3) is 0.214. The van der Waals surface area contributed by atoms with Gasteiger partial charge in [0.1, 0.15) is 5.75 Å². The van der Waals surface area contributed by atoms with Crippen LogP contribution in [0.15, 0.2) is 30.6 Å². The lowest BCUT2D eigenvalue weighted by molar-refractivity contribution is -0.116. The van der Waals surface area contributed by atoms with Crippen molar-refractivity contribution in [2.45, 2.75) is 19.4 Å². The molecule has 102 valence electrons. The molecule has 0 radical (unpaired) electrons. The quantitative estimate of drug-likeness (QED) is 0.884. The van der Waals surface area contributed by atoms with Crippen LogP contribution in [0.4, 0.5) is 5.69 Å². The number of nitrogens with one attached hydrogen (secondary N) is 1. The number of ether oxygens (including phenoxy) is 1. The molecule has 1 aliphatic rings. The summed E-state index contributed by atoms with van der Waals surface area (Å²) in [4.78, 5) is 19.5. The Morgan fingerprint density at radius 2 is 2.15 bits per heavy atom. The molecule has 0 aliphatic carbocycles. The lowest BCUT2D eigenvalue weighted by Crippen LogP contribution is -2.18. The average Bonchev–Trinajstić information content (AvgIpc) is 2.48. The SMILES string of the molecule is NCc1cnc(Oc2ccc3c(c2)CCC(=O)N3)cn1. The molecule has 20 heavy (non-hydrogen) atoms. The zero-order valence-electron chi connectivity index (χ0n) is 10.8. The molecule has 6 heteroatoms.